The highest BCUT2D eigenvalue weighted by molar-refractivity contribution is 6.31. The standard InChI is InChI=1S/C16H24ClFN4O/c1-11-10-22(7-8-23-11)14(9-20-16(19)21(2)3)15-12(17)5-4-6-13(15)18/h4-6,11,14H,7-10H2,1-3H3,(H2,19,20). The Morgan fingerprint density at radius 3 is 2.91 bits per heavy atom. The minimum atomic E-state index is -0.319. The van der Waals surface area contributed by atoms with Crippen LogP contribution in [0, 0.1) is 5.82 Å². The van der Waals surface area contributed by atoms with Crippen LogP contribution >= 0.6 is 11.6 Å². The lowest BCUT2D eigenvalue weighted by Crippen LogP contribution is -2.44. The fraction of sp³-hybridized carbons (Fsp3) is 0.562. The molecule has 0 aliphatic carbocycles. The molecule has 0 spiro atoms. The van der Waals surface area contributed by atoms with Crippen LogP contribution in [0.15, 0.2) is 23.2 Å². The molecule has 2 unspecified atom stereocenters. The number of hydrogen-bond donors (Lipinski definition) is 1. The number of halogens is 2. The predicted octanol–water partition coefficient (Wildman–Crippen LogP) is 2.12. The molecular weight excluding hydrogens is 319 g/mol. The van der Waals surface area contributed by atoms with Crippen LogP contribution in [0.25, 0.3) is 0 Å². The van der Waals surface area contributed by atoms with Gasteiger partial charge in [0, 0.05) is 37.8 Å². The molecule has 1 heterocycles. The Hall–Kier alpha value is -1.37. The number of guanidine groups is 1. The Bertz CT molecular complexity index is 547. The second kappa shape index (κ2) is 7.95. The Labute approximate surface area is 141 Å². The van der Waals surface area contributed by atoms with Crippen LogP contribution in [-0.2, 0) is 4.74 Å². The molecule has 2 rings (SSSR count). The lowest BCUT2D eigenvalue weighted by molar-refractivity contribution is -0.0336. The van der Waals surface area contributed by atoms with Crippen molar-refractivity contribution in [2.24, 2.45) is 10.7 Å². The maximum Gasteiger partial charge on any atom is 0.190 e. The summed E-state index contributed by atoms with van der Waals surface area (Å²) < 4.78 is 20.0. The molecular formula is C16H24ClFN4O. The lowest BCUT2D eigenvalue weighted by Gasteiger charge is -2.37. The van der Waals surface area contributed by atoms with Gasteiger partial charge in [0.25, 0.3) is 0 Å². The monoisotopic (exact) mass is 342 g/mol. The van der Waals surface area contributed by atoms with Crippen molar-refractivity contribution in [1.29, 1.82) is 0 Å². The van der Waals surface area contributed by atoms with E-state index in [9.17, 15) is 4.39 Å². The van der Waals surface area contributed by atoms with E-state index in [0.717, 1.165) is 0 Å². The topological polar surface area (TPSA) is 54.1 Å². The summed E-state index contributed by atoms with van der Waals surface area (Å²) >= 11 is 6.27. The molecule has 0 saturated carbocycles. The summed E-state index contributed by atoms with van der Waals surface area (Å²) in [5.74, 6) is 0.0871. The van der Waals surface area contributed by atoms with E-state index in [4.69, 9.17) is 22.1 Å². The highest BCUT2D eigenvalue weighted by atomic mass is 35.5. The van der Waals surface area contributed by atoms with E-state index in [-0.39, 0.29) is 18.0 Å². The van der Waals surface area contributed by atoms with Gasteiger partial charge in [-0.05, 0) is 19.1 Å². The van der Waals surface area contributed by atoms with Crippen molar-refractivity contribution < 1.29 is 9.13 Å². The highest BCUT2D eigenvalue weighted by Crippen LogP contribution is 2.31. The largest absolute Gasteiger partial charge is 0.376 e. The Balaban J connectivity index is 2.33. The summed E-state index contributed by atoms with van der Waals surface area (Å²) in [7, 11) is 3.64. The number of rotatable bonds is 4. The van der Waals surface area contributed by atoms with E-state index in [1.807, 2.05) is 21.0 Å². The van der Waals surface area contributed by atoms with Crippen LogP contribution in [0.2, 0.25) is 5.02 Å². The molecule has 1 fully saturated rings. The molecule has 2 N–H and O–H groups in total. The molecule has 1 aromatic carbocycles. The second-order valence-corrected chi connectivity index (χ2v) is 6.33. The fourth-order valence-corrected chi connectivity index (χ4v) is 2.96. The number of nitrogens with zero attached hydrogens (tertiary/aromatic N) is 3. The summed E-state index contributed by atoms with van der Waals surface area (Å²) in [5.41, 5.74) is 6.35. The van der Waals surface area contributed by atoms with Crippen LogP contribution in [0.1, 0.15) is 18.5 Å². The molecule has 0 bridgehead atoms. The van der Waals surface area contributed by atoms with Gasteiger partial charge in [-0.3, -0.25) is 9.89 Å². The van der Waals surface area contributed by atoms with Gasteiger partial charge in [-0.2, -0.15) is 0 Å². The highest BCUT2D eigenvalue weighted by Gasteiger charge is 2.29. The quantitative estimate of drug-likeness (QED) is 0.672. The number of nitrogens with two attached hydrogens (primary N) is 1. The van der Waals surface area contributed by atoms with Crippen LogP contribution in [0.4, 0.5) is 4.39 Å². The molecule has 0 amide bonds. The van der Waals surface area contributed by atoms with Gasteiger partial charge >= 0.3 is 0 Å². The maximum absolute atomic E-state index is 14.4. The Morgan fingerprint density at radius 2 is 2.30 bits per heavy atom. The van der Waals surface area contributed by atoms with Gasteiger partial charge in [0.05, 0.1) is 25.3 Å². The van der Waals surface area contributed by atoms with Gasteiger partial charge in [0.2, 0.25) is 0 Å². The third-order valence-corrected chi connectivity index (χ3v) is 4.26. The van der Waals surface area contributed by atoms with E-state index in [1.54, 1.807) is 17.0 Å². The molecule has 7 heteroatoms. The van der Waals surface area contributed by atoms with Crippen molar-refractivity contribution in [3.63, 3.8) is 0 Å². The zero-order valence-corrected chi connectivity index (χ0v) is 14.6. The first-order valence-corrected chi connectivity index (χ1v) is 8.04. The van der Waals surface area contributed by atoms with Crippen LogP contribution in [0.5, 0.6) is 0 Å². The molecule has 5 nitrogen and oxygen atoms in total. The summed E-state index contributed by atoms with van der Waals surface area (Å²) in [6, 6.07) is 4.47. The summed E-state index contributed by atoms with van der Waals surface area (Å²) in [6.45, 7) is 4.36. The molecule has 0 aromatic heterocycles. The van der Waals surface area contributed by atoms with E-state index in [0.29, 0.717) is 42.8 Å². The van der Waals surface area contributed by atoms with Gasteiger partial charge in [-0.25, -0.2) is 4.39 Å². The second-order valence-electron chi connectivity index (χ2n) is 5.92. The first-order chi connectivity index (χ1) is 10.9. The average molecular weight is 343 g/mol. The van der Waals surface area contributed by atoms with Gasteiger partial charge in [-0.15, -0.1) is 0 Å². The Kier molecular flexibility index (Phi) is 6.21. The smallest absolute Gasteiger partial charge is 0.190 e. The number of ether oxygens (including phenoxy) is 1. The van der Waals surface area contributed by atoms with E-state index in [2.05, 4.69) is 9.89 Å². The fourth-order valence-electron chi connectivity index (χ4n) is 2.67. The molecule has 23 heavy (non-hydrogen) atoms. The lowest BCUT2D eigenvalue weighted by atomic mass is 10.0. The normalized spacial score (nSPS) is 21.3. The molecule has 2 atom stereocenters. The first kappa shape index (κ1) is 18.0. The van der Waals surface area contributed by atoms with Crippen molar-refractivity contribution >= 4 is 17.6 Å². The Morgan fingerprint density at radius 1 is 1.57 bits per heavy atom. The predicted molar refractivity (Wildman–Crippen MR) is 91.3 cm³/mol. The van der Waals surface area contributed by atoms with Crippen LogP contribution in [0.3, 0.4) is 0 Å². The molecule has 1 saturated heterocycles. The SMILES string of the molecule is CC1CN(C(CN=C(N)N(C)C)c2c(F)cccc2Cl)CCO1. The van der Waals surface area contributed by atoms with E-state index in [1.165, 1.54) is 6.07 Å². The molecule has 1 aromatic rings. The number of hydrogen-bond acceptors (Lipinski definition) is 3. The molecule has 128 valence electrons. The number of benzene rings is 1. The summed E-state index contributed by atoms with van der Waals surface area (Å²) in [6.07, 6.45) is 0.0898. The van der Waals surface area contributed by atoms with Crippen molar-refractivity contribution in [1.82, 2.24) is 9.80 Å². The minimum absolute atomic E-state index is 0.0898. The first-order valence-electron chi connectivity index (χ1n) is 7.67. The van der Waals surface area contributed by atoms with Crippen molar-refractivity contribution in [3.05, 3.63) is 34.6 Å². The zero-order chi connectivity index (χ0) is 17.0. The van der Waals surface area contributed by atoms with Crippen molar-refractivity contribution in [3.8, 4) is 0 Å². The van der Waals surface area contributed by atoms with Gasteiger partial charge in [0.1, 0.15) is 5.82 Å². The van der Waals surface area contributed by atoms with Crippen molar-refractivity contribution in [2.45, 2.75) is 19.1 Å². The zero-order valence-electron chi connectivity index (χ0n) is 13.8. The molecule has 1 aliphatic heterocycles. The average Bonchev–Trinajstić information content (AvgIpc) is 2.49. The molecule has 1 aliphatic rings. The maximum atomic E-state index is 14.4. The van der Waals surface area contributed by atoms with Gasteiger partial charge in [-0.1, -0.05) is 17.7 Å². The number of morpholine rings is 1. The van der Waals surface area contributed by atoms with E-state index < -0.39 is 0 Å². The molecule has 0 radical (unpaired) electrons. The number of aliphatic imine (C=N–C) groups is 1. The third kappa shape index (κ3) is 4.56. The van der Waals surface area contributed by atoms with Crippen LogP contribution < -0.4 is 5.73 Å². The van der Waals surface area contributed by atoms with Crippen LogP contribution in [-0.4, -0.2) is 62.2 Å². The van der Waals surface area contributed by atoms with Gasteiger partial charge in [0.15, 0.2) is 5.96 Å². The summed E-state index contributed by atoms with van der Waals surface area (Å²) in [5, 5.41) is 0.410. The summed E-state index contributed by atoms with van der Waals surface area (Å²) in [4.78, 5) is 8.28. The van der Waals surface area contributed by atoms with Crippen molar-refractivity contribution in [2.75, 3.05) is 40.3 Å². The van der Waals surface area contributed by atoms with Gasteiger partial charge < -0.3 is 15.4 Å². The van der Waals surface area contributed by atoms with E-state index >= 15 is 0 Å². The minimum Gasteiger partial charge on any atom is -0.376 e. The third-order valence-electron chi connectivity index (χ3n) is 3.93.